The summed E-state index contributed by atoms with van der Waals surface area (Å²) in [5.74, 6) is 0.379. The molecule has 3 heteroatoms. The van der Waals surface area contributed by atoms with Crippen molar-refractivity contribution in [3.05, 3.63) is 34.6 Å². The molecule has 1 atom stereocenters. The fraction of sp³-hybridized carbons (Fsp3) is 0.538. The summed E-state index contributed by atoms with van der Waals surface area (Å²) in [4.78, 5) is 0. The second kappa shape index (κ2) is 6.46. The minimum Gasteiger partial charge on any atom is -0.207 e. The second-order valence-corrected chi connectivity index (χ2v) is 5.55. The third kappa shape index (κ3) is 4.71. The van der Waals surface area contributed by atoms with Crippen LogP contribution in [0.15, 0.2) is 18.2 Å². The fourth-order valence-corrected chi connectivity index (χ4v) is 2.34. The van der Waals surface area contributed by atoms with E-state index in [2.05, 4.69) is 13.8 Å². The van der Waals surface area contributed by atoms with Crippen LogP contribution >= 0.6 is 23.2 Å². The Bertz CT molecular complexity index is 337. The first-order chi connectivity index (χ1) is 7.49. The maximum atomic E-state index is 13.4. The van der Waals surface area contributed by atoms with Crippen molar-refractivity contribution in [1.29, 1.82) is 0 Å². The predicted molar refractivity (Wildman–Crippen MR) is 68.8 cm³/mol. The predicted octanol–water partition coefficient (Wildman–Crippen LogP) is 5.07. The highest BCUT2D eigenvalue weighted by Gasteiger charge is 2.09. The maximum Gasteiger partial charge on any atom is 0.126 e. The molecular weight excluding hydrogens is 246 g/mol. The number of aryl methyl sites for hydroxylation is 1. The molecule has 0 aromatic heterocycles. The molecule has 1 unspecified atom stereocenters. The van der Waals surface area contributed by atoms with Gasteiger partial charge in [-0.25, -0.2) is 4.39 Å². The van der Waals surface area contributed by atoms with Gasteiger partial charge in [-0.1, -0.05) is 25.4 Å². The molecule has 0 aliphatic heterocycles. The van der Waals surface area contributed by atoms with Gasteiger partial charge in [-0.3, -0.25) is 0 Å². The lowest BCUT2D eigenvalue weighted by Crippen LogP contribution is -2.05. The highest BCUT2D eigenvalue weighted by Crippen LogP contribution is 2.20. The zero-order chi connectivity index (χ0) is 12.1. The van der Waals surface area contributed by atoms with Crippen LogP contribution in [0.5, 0.6) is 0 Å². The summed E-state index contributed by atoms with van der Waals surface area (Å²) < 4.78 is 13.4. The van der Waals surface area contributed by atoms with Crippen LogP contribution < -0.4 is 0 Å². The van der Waals surface area contributed by atoms with Crippen molar-refractivity contribution in [1.82, 2.24) is 0 Å². The van der Waals surface area contributed by atoms with Gasteiger partial charge in [-0.05, 0) is 48.9 Å². The van der Waals surface area contributed by atoms with E-state index >= 15 is 0 Å². The lowest BCUT2D eigenvalue weighted by atomic mass is 10.0. The molecule has 0 saturated heterocycles. The maximum absolute atomic E-state index is 13.4. The molecule has 0 fully saturated rings. The minimum atomic E-state index is -0.196. The molecule has 1 aromatic carbocycles. The highest BCUT2D eigenvalue weighted by molar-refractivity contribution is 6.30. The normalized spacial score (nSPS) is 13.1. The molecule has 0 radical (unpaired) electrons. The van der Waals surface area contributed by atoms with E-state index in [1.165, 1.54) is 6.07 Å². The first kappa shape index (κ1) is 13.8. The molecule has 0 spiro atoms. The lowest BCUT2D eigenvalue weighted by Gasteiger charge is -2.12. The van der Waals surface area contributed by atoms with Crippen LogP contribution in [0.3, 0.4) is 0 Å². The van der Waals surface area contributed by atoms with Gasteiger partial charge in [0.25, 0.3) is 0 Å². The Balaban J connectivity index is 2.51. The Kier molecular flexibility index (Phi) is 5.57. The summed E-state index contributed by atoms with van der Waals surface area (Å²) in [6, 6.07) is 4.64. The average Bonchev–Trinajstić information content (AvgIpc) is 2.18. The molecule has 0 saturated carbocycles. The average molecular weight is 263 g/mol. The quantitative estimate of drug-likeness (QED) is 0.651. The van der Waals surface area contributed by atoms with Crippen LogP contribution in [0.1, 0.15) is 32.3 Å². The third-order valence-electron chi connectivity index (χ3n) is 2.46. The van der Waals surface area contributed by atoms with Gasteiger partial charge in [0.2, 0.25) is 0 Å². The summed E-state index contributed by atoms with van der Waals surface area (Å²) in [5.41, 5.74) is 0.655. The van der Waals surface area contributed by atoms with E-state index in [0.717, 1.165) is 12.8 Å². The zero-order valence-corrected chi connectivity index (χ0v) is 11.2. The molecule has 1 rings (SSSR count). The Hall–Kier alpha value is -0.270. The Morgan fingerprint density at radius 3 is 2.62 bits per heavy atom. The van der Waals surface area contributed by atoms with Crippen LogP contribution in [-0.4, -0.2) is 5.38 Å². The fourth-order valence-electron chi connectivity index (χ4n) is 1.68. The number of rotatable bonds is 5. The minimum absolute atomic E-state index is 0.110. The highest BCUT2D eigenvalue weighted by atomic mass is 35.5. The monoisotopic (exact) mass is 262 g/mol. The number of benzene rings is 1. The SMILES string of the molecule is CC(C)CC(Cl)CCc1cc(Cl)ccc1F. The lowest BCUT2D eigenvalue weighted by molar-refractivity contribution is 0.537. The Labute approximate surface area is 107 Å². The van der Waals surface area contributed by atoms with Crippen molar-refractivity contribution in [2.24, 2.45) is 5.92 Å². The molecular formula is C13H17Cl2F. The van der Waals surface area contributed by atoms with Gasteiger partial charge in [0.05, 0.1) is 0 Å². The summed E-state index contributed by atoms with van der Waals surface area (Å²) in [6.07, 6.45) is 2.40. The van der Waals surface area contributed by atoms with Gasteiger partial charge in [0.1, 0.15) is 5.82 Å². The number of hydrogen-bond donors (Lipinski definition) is 0. The van der Waals surface area contributed by atoms with Crippen molar-refractivity contribution < 1.29 is 4.39 Å². The van der Waals surface area contributed by atoms with Gasteiger partial charge in [0.15, 0.2) is 0 Å². The van der Waals surface area contributed by atoms with Gasteiger partial charge < -0.3 is 0 Å². The Morgan fingerprint density at radius 1 is 1.31 bits per heavy atom. The summed E-state index contributed by atoms with van der Waals surface area (Å²) in [6.45, 7) is 4.27. The van der Waals surface area contributed by atoms with Crippen LogP contribution in [0.25, 0.3) is 0 Å². The van der Waals surface area contributed by atoms with Crippen molar-refractivity contribution in [3.8, 4) is 0 Å². The Morgan fingerprint density at radius 2 is 2.00 bits per heavy atom. The molecule has 0 N–H and O–H groups in total. The van der Waals surface area contributed by atoms with Crippen LogP contribution in [0, 0.1) is 11.7 Å². The van der Waals surface area contributed by atoms with Crippen LogP contribution in [0.2, 0.25) is 5.02 Å². The van der Waals surface area contributed by atoms with E-state index in [9.17, 15) is 4.39 Å². The van der Waals surface area contributed by atoms with Gasteiger partial charge >= 0.3 is 0 Å². The van der Waals surface area contributed by atoms with E-state index < -0.39 is 0 Å². The second-order valence-electron chi connectivity index (χ2n) is 4.50. The van der Waals surface area contributed by atoms with Gasteiger partial charge in [-0.15, -0.1) is 11.6 Å². The van der Waals surface area contributed by atoms with Crippen LogP contribution in [0.4, 0.5) is 4.39 Å². The summed E-state index contributed by atoms with van der Waals surface area (Å²) >= 11 is 12.0. The number of halogens is 3. The molecule has 0 nitrogen and oxygen atoms in total. The topological polar surface area (TPSA) is 0 Å². The van der Waals surface area contributed by atoms with Crippen molar-refractivity contribution in [3.63, 3.8) is 0 Å². The molecule has 1 aromatic rings. The molecule has 16 heavy (non-hydrogen) atoms. The van der Waals surface area contributed by atoms with Gasteiger partial charge in [-0.2, -0.15) is 0 Å². The van der Waals surface area contributed by atoms with Crippen molar-refractivity contribution in [2.45, 2.75) is 38.5 Å². The molecule has 0 amide bonds. The van der Waals surface area contributed by atoms with Crippen molar-refractivity contribution in [2.75, 3.05) is 0 Å². The molecule has 90 valence electrons. The van der Waals surface area contributed by atoms with E-state index in [0.29, 0.717) is 22.9 Å². The molecule has 0 bridgehead atoms. The molecule has 0 aliphatic rings. The first-order valence-corrected chi connectivity index (χ1v) is 6.38. The van der Waals surface area contributed by atoms with E-state index in [1.807, 2.05) is 0 Å². The van der Waals surface area contributed by atoms with Gasteiger partial charge in [0, 0.05) is 10.4 Å². The van der Waals surface area contributed by atoms with E-state index in [1.54, 1.807) is 12.1 Å². The molecule has 0 heterocycles. The zero-order valence-electron chi connectivity index (χ0n) is 9.64. The standard InChI is InChI=1S/C13H17Cl2F/c1-9(2)7-11(14)4-3-10-8-12(15)5-6-13(10)16/h5-6,8-9,11H,3-4,7H2,1-2H3. The number of alkyl halides is 1. The summed E-state index contributed by atoms with van der Waals surface area (Å²) in [7, 11) is 0. The molecule has 0 aliphatic carbocycles. The van der Waals surface area contributed by atoms with Crippen molar-refractivity contribution >= 4 is 23.2 Å². The first-order valence-electron chi connectivity index (χ1n) is 5.57. The van der Waals surface area contributed by atoms with E-state index in [4.69, 9.17) is 23.2 Å². The van der Waals surface area contributed by atoms with E-state index in [-0.39, 0.29) is 11.2 Å². The summed E-state index contributed by atoms with van der Waals surface area (Å²) in [5, 5.41) is 0.685. The smallest absolute Gasteiger partial charge is 0.126 e. The van der Waals surface area contributed by atoms with Crippen LogP contribution in [-0.2, 0) is 6.42 Å². The number of hydrogen-bond acceptors (Lipinski definition) is 0. The largest absolute Gasteiger partial charge is 0.207 e. The third-order valence-corrected chi connectivity index (χ3v) is 3.09.